The second-order valence-electron chi connectivity index (χ2n) is 6.55. The van der Waals surface area contributed by atoms with E-state index in [0.717, 1.165) is 16.9 Å². The van der Waals surface area contributed by atoms with Crippen LogP contribution in [0.2, 0.25) is 0 Å². The van der Waals surface area contributed by atoms with Crippen LogP contribution in [0.15, 0.2) is 72.9 Å². The summed E-state index contributed by atoms with van der Waals surface area (Å²) in [7, 11) is -3.61. The predicted octanol–water partition coefficient (Wildman–Crippen LogP) is 2.87. The third kappa shape index (κ3) is 4.71. The maximum atomic E-state index is 11.5. The van der Waals surface area contributed by atoms with Gasteiger partial charge in [0.2, 0.25) is 16.0 Å². The van der Waals surface area contributed by atoms with Gasteiger partial charge in [-0.15, -0.1) is 5.10 Å². The second kappa shape index (κ2) is 7.90. The normalized spacial score (nSPS) is 11.5. The Morgan fingerprint density at radius 3 is 2.41 bits per heavy atom. The van der Waals surface area contributed by atoms with Crippen molar-refractivity contribution in [1.29, 1.82) is 0 Å². The third-order valence-electron chi connectivity index (χ3n) is 4.34. The zero-order valence-corrected chi connectivity index (χ0v) is 16.3. The van der Waals surface area contributed by atoms with E-state index in [1.807, 2.05) is 60.8 Å². The molecule has 8 nitrogen and oxygen atoms in total. The molecule has 2 aromatic carbocycles. The van der Waals surface area contributed by atoms with Crippen molar-refractivity contribution < 1.29 is 8.42 Å². The smallest absolute Gasteiger partial charge is 0.247 e. The molecule has 2 aromatic heterocycles. The first-order valence-corrected chi connectivity index (χ1v) is 10.7. The fourth-order valence-corrected chi connectivity index (χ4v) is 3.74. The fourth-order valence-electron chi connectivity index (χ4n) is 3.03. The highest BCUT2D eigenvalue weighted by atomic mass is 32.2. The van der Waals surface area contributed by atoms with E-state index >= 15 is 0 Å². The second-order valence-corrected chi connectivity index (χ2v) is 8.16. The highest BCUT2D eigenvalue weighted by Crippen LogP contribution is 2.20. The molecule has 4 rings (SSSR count). The van der Waals surface area contributed by atoms with E-state index in [1.54, 1.807) is 16.6 Å². The number of pyridine rings is 1. The molecule has 9 heteroatoms. The molecule has 0 amide bonds. The Morgan fingerprint density at radius 2 is 1.66 bits per heavy atom. The van der Waals surface area contributed by atoms with Gasteiger partial charge in [-0.25, -0.2) is 18.1 Å². The number of nitrogens with zero attached hydrogens (tertiary/aromatic N) is 3. The number of hydrogen-bond acceptors (Lipinski definition) is 6. The molecule has 4 N–H and O–H groups in total. The highest BCUT2D eigenvalue weighted by molar-refractivity contribution is 7.88. The number of fused-ring (bicyclic) bond motifs is 1. The van der Waals surface area contributed by atoms with Gasteiger partial charge in [0.1, 0.15) is 0 Å². The number of nitrogens with two attached hydrogens (primary N) is 1. The molecule has 4 aromatic rings. The van der Waals surface area contributed by atoms with Crippen molar-refractivity contribution >= 4 is 33.0 Å². The molecule has 0 spiro atoms. The first-order valence-electron chi connectivity index (χ1n) is 8.96. The van der Waals surface area contributed by atoms with Crippen molar-refractivity contribution in [3.8, 4) is 0 Å². The predicted molar refractivity (Wildman–Crippen MR) is 113 cm³/mol. The molecule has 0 aliphatic heterocycles. The van der Waals surface area contributed by atoms with Crippen molar-refractivity contribution in [2.45, 2.75) is 12.3 Å². The number of anilines is 3. The minimum Gasteiger partial charge on any atom is -0.378 e. The largest absolute Gasteiger partial charge is 0.378 e. The van der Waals surface area contributed by atoms with Crippen LogP contribution >= 0.6 is 0 Å². The molecule has 0 bridgehead atoms. The van der Waals surface area contributed by atoms with Crippen molar-refractivity contribution in [3.05, 3.63) is 84.1 Å². The van der Waals surface area contributed by atoms with Gasteiger partial charge in [-0.2, -0.15) is 4.98 Å². The Balaban J connectivity index is 1.56. The van der Waals surface area contributed by atoms with Gasteiger partial charge in [0.25, 0.3) is 0 Å². The molecule has 29 heavy (non-hydrogen) atoms. The van der Waals surface area contributed by atoms with Crippen molar-refractivity contribution in [2.75, 3.05) is 10.6 Å². The lowest BCUT2D eigenvalue weighted by Crippen LogP contribution is -2.16. The molecule has 148 valence electrons. The Kier molecular flexibility index (Phi) is 5.15. The fraction of sp³-hybridized carbons (Fsp3) is 0.100. The number of aromatic nitrogens is 3. The monoisotopic (exact) mass is 408 g/mol. The van der Waals surface area contributed by atoms with Crippen LogP contribution in [0.1, 0.15) is 11.1 Å². The number of benzene rings is 2. The Morgan fingerprint density at radius 1 is 0.931 bits per heavy atom. The molecule has 0 atom stereocenters. The summed E-state index contributed by atoms with van der Waals surface area (Å²) in [4.78, 5) is 4.56. The zero-order valence-electron chi connectivity index (χ0n) is 15.5. The zero-order chi connectivity index (χ0) is 20.3. The van der Waals surface area contributed by atoms with Crippen LogP contribution < -0.4 is 15.8 Å². The van der Waals surface area contributed by atoms with Gasteiger partial charge in [0, 0.05) is 18.4 Å². The van der Waals surface area contributed by atoms with E-state index < -0.39 is 10.0 Å². The van der Waals surface area contributed by atoms with Crippen LogP contribution in [0.25, 0.3) is 5.65 Å². The minimum absolute atomic E-state index is 0.203. The van der Waals surface area contributed by atoms with Crippen LogP contribution in [-0.2, 0) is 22.3 Å². The third-order valence-corrected chi connectivity index (χ3v) is 5.05. The van der Waals surface area contributed by atoms with Crippen LogP contribution in [0.4, 0.5) is 17.3 Å². The molecule has 0 unspecified atom stereocenters. The van der Waals surface area contributed by atoms with Gasteiger partial charge in [-0.1, -0.05) is 42.5 Å². The Bertz CT molecular complexity index is 1240. The molecule has 2 heterocycles. The van der Waals surface area contributed by atoms with Gasteiger partial charge < -0.3 is 10.6 Å². The lowest BCUT2D eigenvalue weighted by molar-refractivity contribution is 0.597. The van der Waals surface area contributed by atoms with Gasteiger partial charge in [0.05, 0.1) is 11.4 Å². The highest BCUT2D eigenvalue weighted by Gasteiger charge is 2.11. The molecule has 0 fully saturated rings. The van der Waals surface area contributed by atoms with Gasteiger partial charge >= 0.3 is 0 Å². The van der Waals surface area contributed by atoms with Crippen molar-refractivity contribution in [1.82, 2.24) is 14.6 Å². The number of sulfonamides is 1. The van der Waals surface area contributed by atoms with Gasteiger partial charge in [-0.3, -0.25) is 0 Å². The molecular formula is C20H20N6O2S. The van der Waals surface area contributed by atoms with E-state index in [-0.39, 0.29) is 5.75 Å². The Hall–Kier alpha value is -3.43. The van der Waals surface area contributed by atoms with Crippen LogP contribution in [0.5, 0.6) is 0 Å². The molecule has 0 saturated heterocycles. The molecule has 0 saturated carbocycles. The molecule has 0 aliphatic rings. The summed E-state index contributed by atoms with van der Waals surface area (Å²) in [5, 5.41) is 16.2. The van der Waals surface area contributed by atoms with Crippen molar-refractivity contribution in [2.24, 2.45) is 5.14 Å². The summed E-state index contributed by atoms with van der Waals surface area (Å²) < 4.78 is 24.7. The number of para-hydroxylation sites is 1. The quantitative estimate of drug-likeness (QED) is 0.433. The lowest BCUT2D eigenvalue weighted by Gasteiger charge is -2.11. The number of nitrogens with one attached hydrogen (secondary N) is 2. The topological polar surface area (TPSA) is 114 Å². The van der Waals surface area contributed by atoms with Gasteiger partial charge in [0.15, 0.2) is 5.65 Å². The van der Waals surface area contributed by atoms with E-state index in [4.69, 9.17) is 5.14 Å². The summed E-state index contributed by atoms with van der Waals surface area (Å²) in [6, 6.07) is 20.8. The summed E-state index contributed by atoms with van der Waals surface area (Å²) in [5.41, 5.74) is 3.87. The maximum absolute atomic E-state index is 11.5. The van der Waals surface area contributed by atoms with E-state index in [2.05, 4.69) is 20.7 Å². The SMILES string of the molecule is NS(=O)(=O)Cc1ccccc1CNc1cccn2nc(Nc3ccccc3)nc12. The molecular weight excluding hydrogens is 388 g/mol. The first kappa shape index (κ1) is 18.9. The first-order chi connectivity index (χ1) is 14.0. The van der Waals surface area contributed by atoms with Crippen LogP contribution in [0, 0.1) is 0 Å². The number of hydrogen-bond donors (Lipinski definition) is 3. The van der Waals surface area contributed by atoms with E-state index in [0.29, 0.717) is 23.7 Å². The molecule has 0 aliphatic carbocycles. The van der Waals surface area contributed by atoms with Crippen LogP contribution in [0.3, 0.4) is 0 Å². The minimum atomic E-state index is -3.61. The average Bonchev–Trinajstić information content (AvgIpc) is 3.10. The summed E-state index contributed by atoms with van der Waals surface area (Å²) in [6.45, 7) is 0.430. The average molecular weight is 408 g/mol. The summed E-state index contributed by atoms with van der Waals surface area (Å²) in [5.74, 6) is 0.283. The summed E-state index contributed by atoms with van der Waals surface area (Å²) >= 11 is 0. The standard InChI is InChI=1S/C20H20N6O2S/c21-29(27,28)14-16-8-5-4-7-15(16)13-22-18-11-6-12-26-19(18)24-20(25-26)23-17-9-2-1-3-10-17/h1-12,22H,13-14H2,(H,23,25)(H2,21,27,28). The van der Waals surface area contributed by atoms with Crippen LogP contribution in [-0.4, -0.2) is 23.0 Å². The molecule has 0 radical (unpaired) electrons. The maximum Gasteiger partial charge on any atom is 0.247 e. The van der Waals surface area contributed by atoms with Crippen molar-refractivity contribution in [3.63, 3.8) is 0 Å². The number of rotatable bonds is 7. The lowest BCUT2D eigenvalue weighted by atomic mass is 10.1. The van der Waals surface area contributed by atoms with E-state index in [9.17, 15) is 8.42 Å². The number of primary sulfonamides is 1. The Labute approximate surface area is 168 Å². The van der Waals surface area contributed by atoms with E-state index in [1.165, 1.54) is 0 Å². The summed E-state index contributed by atoms with van der Waals surface area (Å²) in [6.07, 6.45) is 1.82. The van der Waals surface area contributed by atoms with Gasteiger partial charge in [-0.05, 0) is 35.4 Å².